The minimum atomic E-state index is 0.0374. The van der Waals surface area contributed by atoms with Crippen LogP contribution in [0.2, 0.25) is 0 Å². The molecule has 5 heteroatoms. The molecule has 1 N–H and O–H groups in total. The second-order valence-corrected chi connectivity index (χ2v) is 6.85. The molecule has 22 heavy (non-hydrogen) atoms. The van der Waals surface area contributed by atoms with Gasteiger partial charge >= 0.3 is 6.03 Å². The molecule has 0 aromatic carbocycles. The van der Waals surface area contributed by atoms with Gasteiger partial charge in [0.25, 0.3) is 0 Å². The molecule has 1 unspecified atom stereocenters. The maximum atomic E-state index is 12.5. The van der Waals surface area contributed by atoms with Crippen LogP contribution < -0.4 is 5.32 Å². The van der Waals surface area contributed by atoms with Gasteiger partial charge in [0.2, 0.25) is 5.91 Å². The van der Waals surface area contributed by atoms with Crippen molar-refractivity contribution in [1.29, 1.82) is 0 Å². The monoisotopic (exact) mass is 305 g/mol. The highest BCUT2D eigenvalue weighted by Gasteiger charge is 2.36. The first-order chi connectivity index (χ1) is 10.7. The Morgan fingerprint density at radius 2 is 1.55 bits per heavy atom. The quantitative estimate of drug-likeness (QED) is 0.792. The van der Waals surface area contributed by atoms with Crippen LogP contribution in [0.25, 0.3) is 0 Å². The molecule has 1 atom stereocenters. The molecule has 0 aromatic heterocycles. The lowest BCUT2D eigenvalue weighted by molar-refractivity contribution is -0.134. The van der Waals surface area contributed by atoms with Gasteiger partial charge < -0.3 is 15.1 Å². The third kappa shape index (κ3) is 3.13. The number of allylic oxidation sites excluding steroid dienone is 2. The fourth-order valence-corrected chi connectivity index (χ4v) is 4.18. The van der Waals surface area contributed by atoms with E-state index in [0.29, 0.717) is 17.7 Å². The molecule has 5 nitrogen and oxygen atoms in total. The Morgan fingerprint density at radius 3 is 2.18 bits per heavy atom. The van der Waals surface area contributed by atoms with Crippen molar-refractivity contribution in [1.82, 2.24) is 15.1 Å². The number of carbonyl (C=O) groups excluding carboxylic acids is 2. The van der Waals surface area contributed by atoms with E-state index in [-0.39, 0.29) is 11.9 Å². The van der Waals surface area contributed by atoms with Crippen LogP contribution in [0.1, 0.15) is 32.1 Å². The van der Waals surface area contributed by atoms with E-state index in [0.717, 1.165) is 58.3 Å². The van der Waals surface area contributed by atoms with Crippen LogP contribution in [-0.4, -0.2) is 55.0 Å². The Morgan fingerprint density at radius 1 is 0.955 bits per heavy atom. The van der Waals surface area contributed by atoms with E-state index in [1.165, 1.54) is 0 Å². The zero-order valence-electron chi connectivity index (χ0n) is 13.5. The van der Waals surface area contributed by atoms with E-state index < -0.39 is 0 Å². The van der Waals surface area contributed by atoms with Gasteiger partial charge in [-0.05, 0) is 43.9 Å². The average molecular weight is 305 g/mol. The Kier molecular flexibility index (Phi) is 4.69. The number of urea groups is 1. The SMILES string of the molecule is CNC(=O)N1CCC(C2CCN(C(=O)C3CC=CC3)C2)CC1. The molecule has 0 aromatic rings. The van der Waals surface area contributed by atoms with E-state index in [4.69, 9.17) is 0 Å². The van der Waals surface area contributed by atoms with E-state index in [9.17, 15) is 9.59 Å². The molecule has 2 heterocycles. The minimum Gasteiger partial charge on any atom is -0.342 e. The van der Waals surface area contributed by atoms with Crippen molar-refractivity contribution >= 4 is 11.9 Å². The van der Waals surface area contributed by atoms with Crippen LogP contribution >= 0.6 is 0 Å². The van der Waals surface area contributed by atoms with Crippen LogP contribution in [0, 0.1) is 17.8 Å². The third-order valence-electron chi connectivity index (χ3n) is 5.60. The van der Waals surface area contributed by atoms with Gasteiger partial charge in [-0.15, -0.1) is 0 Å². The summed E-state index contributed by atoms with van der Waals surface area (Å²) < 4.78 is 0. The second kappa shape index (κ2) is 6.71. The zero-order valence-corrected chi connectivity index (χ0v) is 13.5. The lowest BCUT2D eigenvalue weighted by Crippen LogP contribution is -2.44. The summed E-state index contributed by atoms with van der Waals surface area (Å²) in [5.74, 6) is 1.86. The topological polar surface area (TPSA) is 52.7 Å². The Labute approximate surface area is 132 Å². The lowest BCUT2D eigenvalue weighted by atomic mass is 9.84. The summed E-state index contributed by atoms with van der Waals surface area (Å²) in [6, 6.07) is 0.0374. The van der Waals surface area contributed by atoms with E-state index in [1.807, 2.05) is 4.90 Å². The largest absolute Gasteiger partial charge is 0.342 e. The summed E-state index contributed by atoms with van der Waals surface area (Å²) in [6.07, 6.45) is 9.39. The van der Waals surface area contributed by atoms with Gasteiger partial charge in [-0.25, -0.2) is 4.79 Å². The number of likely N-dealkylation sites (tertiary alicyclic amines) is 2. The maximum absolute atomic E-state index is 12.5. The summed E-state index contributed by atoms with van der Waals surface area (Å²) in [7, 11) is 1.69. The molecule has 0 bridgehead atoms. The Hall–Kier alpha value is -1.52. The molecule has 0 saturated carbocycles. The molecule has 2 aliphatic heterocycles. The van der Waals surface area contributed by atoms with E-state index >= 15 is 0 Å². The van der Waals surface area contributed by atoms with Gasteiger partial charge in [0.05, 0.1) is 0 Å². The molecule has 0 radical (unpaired) electrons. The molecule has 2 fully saturated rings. The summed E-state index contributed by atoms with van der Waals surface area (Å²) >= 11 is 0. The molecule has 2 saturated heterocycles. The fraction of sp³-hybridized carbons (Fsp3) is 0.765. The number of nitrogens with one attached hydrogen (secondary N) is 1. The average Bonchev–Trinajstić information content (AvgIpc) is 3.25. The Balaban J connectivity index is 1.47. The van der Waals surface area contributed by atoms with Crippen LogP contribution in [0.3, 0.4) is 0 Å². The number of carbonyl (C=O) groups is 2. The summed E-state index contributed by atoms with van der Waals surface area (Å²) in [5, 5.41) is 2.70. The molecule has 3 aliphatic rings. The van der Waals surface area contributed by atoms with Crippen LogP contribution in [0.15, 0.2) is 12.2 Å². The van der Waals surface area contributed by atoms with Crippen molar-refractivity contribution in [2.24, 2.45) is 17.8 Å². The van der Waals surface area contributed by atoms with Crippen molar-refractivity contribution in [3.8, 4) is 0 Å². The van der Waals surface area contributed by atoms with Crippen molar-refractivity contribution < 1.29 is 9.59 Å². The number of hydrogen-bond acceptors (Lipinski definition) is 2. The normalized spacial score (nSPS) is 26.7. The molecule has 0 spiro atoms. The molecule has 1 aliphatic carbocycles. The van der Waals surface area contributed by atoms with E-state index in [1.54, 1.807) is 7.05 Å². The van der Waals surface area contributed by atoms with Crippen molar-refractivity contribution in [3.05, 3.63) is 12.2 Å². The van der Waals surface area contributed by atoms with Crippen LogP contribution in [0.4, 0.5) is 4.79 Å². The van der Waals surface area contributed by atoms with Crippen LogP contribution in [0.5, 0.6) is 0 Å². The van der Waals surface area contributed by atoms with Crippen molar-refractivity contribution in [2.75, 3.05) is 33.2 Å². The highest BCUT2D eigenvalue weighted by Crippen LogP contribution is 2.33. The fourth-order valence-electron chi connectivity index (χ4n) is 4.18. The summed E-state index contributed by atoms with van der Waals surface area (Å²) in [6.45, 7) is 3.55. The van der Waals surface area contributed by atoms with E-state index in [2.05, 4.69) is 22.4 Å². The van der Waals surface area contributed by atoms with Gasteiger partial charge in [0.1, 0.15) is 0 Å². The predicted molar refractivity (Wildman–Crippen MR) is 85.3 cm³/mol. The third-order valence-corrected chi connectivity index (χ3v) is 5.60. The first kappa shape index (κ1) is 15.4. The standard InChI is InChI=1S/C17H27N3O2/c1-18-17(22)19-9-6-13(7-10-19)15-8-11-20(12-15)16(21)14-4-2-3-5-14/h2-3,13-15H,4-12H2,1H3,(H,18,22). The molecular formula is C17H27N3O2. The lowest BCUT2D eigenvalue weighted by Gasteiger charge is -2.34. The highest BCUT2D eigenvalue weighted by atomic mass is 16.2. The molecule has 3 amide bonds. The van der Waals surface area contributed by atoms with Gasteiger partial charge in [-0.3, -0.25) is 4.79 Å². The minimum absolute atomic E-state index is 0.0374. The number of hydrogen-bond donors (Lipinski definition) is 1. The smallest absolute Gasteiger partial charge is 0.317 e. The van der Waals surface area contributed by atoms with Crippen molar-refractivity contribution in [2.45, 2.75) is 32.1 Å². The zero-order chi connectivity index (χ0) is 15.5. The second-order valence-electron chi connectivity index (χ2n) is 6.85. The number of piperidine rings is 1. The number of nitrogens with zero attached hydrogens (tertiary/aromatic N) is 2. The molecule has 3 rings (SSSR count). The molecule has 122 valence electrons. The van der Waals surface area contributed by atoms with Gasteiger partial charge in [0.15, 0.2) is 0 Å². The molecular weight excluding hydrogens is 278 g/mol. The summed E-state index contributed by atoms with van der Waals surface area (Å²) in [4.78, 5) is 28.1. The predicted octanol–water partition coefficient (Wildman–Crippen LogP) is 1.85. The first-order valence-electron chi connectivity index (χ1n) is 8.59. The Bertz CT molecular complexity index is 447. The van der Waals surface area contributed by atoms with Gasteiger partial charge in [-0.1, -0.05) is 12.2 Å². The van der Waals surface area contributed by atoms with Gasteiger partial charge in [-0.2, -0.15) is 0 Å². The van der Waals surface area contributed by atoms with Gasteiger partial charge in [0, 0.05) is 39.1 Å². The van der Waals surface area contributed by atoms with Crippen LogP contribution in [-0.2, 0) is 4.79 Å². The first-order valence-corrected chi connectivity index (χ1v) is 8.59. The number of rotatable bonds is 2. The maximum Gasteiger partial charge on any atom is 0.317 e. The number of amides is 3. The highest BCUT2D eigenvalue weighted by molar-refractivity contribution is 5.80. The summed E-state index contributed by atoms with van der Waals surface area (Å²) in [5.41, 5.74) is 0. The van der Waals surface area contributed by atoms with Crippen molar-refractivity contribution in [3.63, 3.8) is 0 Å².